The summed E-state index contributed by atoms with van der Waals surface area (Å²) in [5.41, 5.74) is 3.39. The number of aryl methyl sites for hydroxylation is 1. The monoisotopic (exact) mass is 555 g/mol. The maximum atomic E-state index is 13.3. The third kappa shape index (κ3) is 4.69. The lowest BCUT2D eigenvalue weighted by molar-refractivity contribution is -0.114. The largest absolute Gasteiger partial charge is 0.345 e. The van der Waals surface area contributed by atoms with Crippen molar-refractivity contribution in [2.45, 2.75) is 23.8 Å². The van der Waals surface area contributed by atoms with Crippen LogP contribution in [0.25, 0.3) is 22.3 Å². The Bertz CT molecular complexity index is 1600. The van der Waals surface area contributed by atoms with Gasteiger partial charge in [0.15, 0.2) is 10.7 Å². The van der Waals surface area contributed by atoms with Crippen LogP contribution in [0, 0.1) is 6.92 Å². The van der Waals surface area contributed by atoms with Gasteiger partial charge in [-0.25, -0.2) is 18.4 Å². The summed E-state index contributed by atoms with van der Waals surface area (Å²) in [6, 6.07) is 10.0. The summed E-state index contributed by atoms with van der Waals surface area (Å²) in [5.74, 6) is -0.595. The first-order chi connectivity index (χ1) is 16.5. The number of H-pyrrole nitrogens is 1. The van der Waals surface area contributed by atoms with E-state index in [0.29, 0.717) is 38.0 Å². The van der Waals surface area contributed by atoms with Gasteiger partial charge in [-0.3, -0.25) is 9.59 Å². The van der Waals surface area contributed by atoms with Gasteiger partial charge in [-0.15, -0.1) is 0 Å². The summed E-state index contributed by atoms with van der Waals surface area (Å²) in [6.07, 6.45) is 2.87. The van der Waals surface area contributed by atoms with Crippen LogP contribution in [0.3, 0.4) is 0 Å². The van der Waals surface area contributed by atoms with E-state index < -0.39 is 9.84 Å². The van der Waals surface area contributed by atoms with Gasteiger partial charge in [0, 0.05) is 37.3 Å². The number of nitrogens with zero attached hydrogens (tertiary/aromatic N) is 3. The molecule has 0 unspecified atom stereocenters. The molecule has 0 fully saturated rings. The number of hydrogen-bond acceptors (Lipinski definition) is 6. The van der Waals surface area contributed by atoms with Crippen molar-refractivity contribution in [3.63, 3.8) is 0 Å². The Morgan fingerprint density at radius 2 is 1.86 bits per heavy atom. The molecule has 0 saturated carbocycles. The third-order valence-electron chi connectivity index (χ3n) is 5.29. The summed E-state index contributed by atoms with van der Waals surface area (Å²) < 4.78 is 27.1. The first-order valence-electron chi connectivity index (χ1n) is 10.5. The van der Waals surface area contributed by atoms with Crippen LogP contribution in [0.5, 0.6) is 0 Å². The smallest absolute Gasteiger partial charge is 0.255 e. The first kappa shape index (κ1) is 24.6. The zero-order chi connectivity index (χ0) is 25.5. The lowest BCUT2D eigenvalue weighted by atomic mass is 10.0. The van der Waals surface area contributed by atoms with E-state index in [1.807, 2.05) is 6.92 Å². The van der Waals surface area contributed by atoms with E-state index in [-0.39, 0.29) is 21.7 Å². The molecule has 11 heteroatoms. The van der Waals surface area contributed by atoms with E-state index in [0.717, 1.165) is 5.56 Å². The van der Waals surface area contributed by atoms with Gasteiger partial charge in [0.05, 0.1) is 22.3 Å². The number of sulfone groups is 1. The second-order valence-electron chi connectivity index (χ2n) is 8.19. The highest BCUT2D eigenvalue weighted by Crippen LogP contribution is 2.33. The Morgan fingerprint density at radius 1 is 1.11 bits per heavy atom. The molecule has 35 heavy (non-hydrogen) atoms. The minimum Gasteiger partial charge on any atom is -0.345 e. The molecule has 0 aliphatic rings. The van der Waals surface area contributed by atoms with Gasteiger partial charge in [0.2, 0.25) is 15.7 Å². The number of carbonyl (C=O) groups excluding carboxylic acids is 2. The molecule has 0 radical (unpaired) electrons. The topological polar surface area (TPSA) is 125 Å². The highest BCUT2D eigenvalue weighted by molar-refractivity contribution is 9.10. The second-order valence-corrected chi connectivity index (χ2v) is 10.9. The summed E-state index contributed by atoms with van der Waals surface area (Å²) in [7, 11) is -0.708. The average molecular weight is 556 g/mol. The summed E-state index contributed by atoms with van der Waals surface area (Å²) in [6.45, 7) is 3.16. The minimum atomic E-state index is -3.95. The number of aromatic amines is 1. The van der Waals surface area contributed by atoms with Gasteiger partial charge < -0.3 is 15.2 Å². The highest BCUT2D eigenvalue weighted by Gasteiger charge is 2.25. The summed E-state index contributed by atoms with van der Waals surface area (Å²) >= 11 is 3.31. The molecule has 0 aliphatic heterocycles. The molecular formula is C24H22BrN5O4S. The Labute approximate surface area is 210 Å². The van der Waals surface area contributed by atoms with Crippen molar-refractivity contribution in [2.75, 3.05) is 19.4 Å². The molecule has 2 amide bonds. The van der Waals surface area contributed by atoms with Crippen molar-refractivity contribution in [3.8, 4) is 11.1 Å². The number of carbonyl (C=O) groups is 2. The molecule has 2 aromatic heterocycles. The molecule has 4 rings (SSSR count). The van der Waals surface area contributed by atoms with Gasteiger partial charge in [0.1, 0.15) is 5.52 Å². The number of halogens is 1. The van der Waals surface area contributed by atoms with Gasteiger partial charge in [-0.1, -0.05) is 12.1 Å². The van der Waals surface area contributed by atoms with Crippen LogP contribution in [-0.2, 0) is 14.6 Å². The maximum absolute atomic E-state index is 13.3. The lowest BCUT2D eigenvalue weighted by Crippen LogP contribution is -2.23. The quantitative estimate of drug-likeness (QED) is 0.380. The van der Waals surface area contributed by atoms with Crippen LogP contribution in [0.15, 0.2) is 63.2 Å². The van der Waals surface area contributed by atoms with Crippen molar-refractivity contribution in [1.29, 1.82) is 0 Å². The van der Waals surface area contributed by atoms with E-state index in [4.69, 9.17) is 0 Å². The average Bonchev–Trinajstić information content (AvgIpc) is 3.23. The van der Waals surface area contributed by atoms with Gasteiger partial charge in [-0.05, 0) is 58.2 Å². The van der Waals surface area contributed by atoms with Crippen LogP contribution in [0.2, 0.25) is 0 Å². The molecule has 0 spiro atoms. The van der Waals surface area contributed by atoms with Crippen molar-refractivity contribution in [3.05, 3.63) is 64.4 Å². The van der Waals surface area contributed by atoms with E-state index >= 15 is 0 Å². The molecule has 0 saturated heterocycles. The standard InChI is InChI=1S/C24H22BrN5O4S/c1-13-5-8-18(25)20(9-13)35(33,34)21-12-27-23-22(29-21)17(11-26-23)15-6-7-16(24(32)30(3)4)19(10-15)28-14(2)31/h5-12H,1-4H3,(H,26,27)(H,28,31). The van der Waals surface area contributed by atoms with Gasteiger partial charge in [-0.2, -0.15) is 0 Å². The van der Waals surface area contributed by atoms with Crippen LogP contribution >= 0.6 is 15.9 Å². The van der Waals surface area contributed by atoms with E-state index in [9.17, 15) is 18.0 Å². The molecule has 0 atom stereocenters. The van der Waals surface area contributed by atoms with E-state index in [1.165, 1.54) is 18.0 Å². The fourth-order valence-electron chi connectivity index (χ4n) is 3.59. The fraction of sp³-hybridized carbons (Fsp3) is 0.167. The molecule has 2 heterocycles. The van der Waals surface area contributed by atoms with Crippen LogP contribution in [0.4, 0.5) is 5.69 Å². The molecule has 2 N–H and O–H groups in total. The zero-order valence-electron chi connectivity index (χ0n) is 19.4. The third-order valence-corrected chi connectivity index (χ3v) is 7.91. The first-order valence-corrected chi connectivity index (χ1v) is 12.8. The number of amides is 2. The lowest BCUT2D eigenvalue weighted by Gasteiger charge is -2.15. The number of nitrogens with one attached hydrogen (secondary N) is 2. The Morgan fingerprint density at radius 3 is 2.54 bits per heavy atom. The van der Waals surface area contributed by atoms with Crippen LogP contribution in [0.1, 0.15) is 22.8 Å². The predicted molar refractivity (Wildman–Crippen MR) is 136 cm³/mol. The Hall–Kier alpha value is -3.57. The normalized spacial score (nSPS) is 11.5. The molecule has 0 aliphatic carbocycles. The van der Waals surface area contributed by atoms with Crippen molar-refractivity contribution < 1.29 is 18.0 Å². The summed E-state index contributed by atoms with van der Waals surface area (Å²) in [5, 5.41) is 2.50. The number of rotatable bonds is 5. The molecule has 0 bridgehead atoms. The van der Waals surface area contributed by atoms with Gasteiger partial charge in [0.25, 0.3) is 5.91 Å². The molecule has 180 valence electrons. The number of anilines is 1. The molecule has 4 aromatic rings. The molecular weight excluding hydrogens is 534 g/mol. The second kappa shape index (κ2) is 9.23. The van der Waals surface area contributed by atoms with E-state index in [2.05, 4.69) is 36.2 Å². The number of benzene rings is 2. The number of fused-ring (bicyclic) bond motifs is 1. The summed E-state index contributed by atoms with van der Waals surface area (Å²) in [4.78, 5) is 37.6. The molecule has 9 nitrogen and oxygen atoms in total. The maximum Gasteiger partial charge on any atom is 0.255 e. The number of aromatic nitrogens is 3. The predicted octanol–water partition coefficient (Wildman–Crippen LogP) is 4.19. The Balaban J connectivity index is 1.86. The zero-order valence-corrected chi connectivity index (χ0v) is 21.8. The van der Waals surface area contributed by atoms with Gasteiger partial charge >= 0.3 is 0 Å². The molecule has 2 aromatic carbocycles. The fourth-order valence-corrected chi connectivity index (χ4v) is 5.77. The SMILES string of the molecule is CC(=O)Nc1cc(-c2c[nH]c3ncc(S(=O)(=O)c4cc(C)ccc4Br)nc23)ccc1C(=O)N(C)C. The minimum absolute atomic E-state index is 0.0998. The van der Waals surface area contributed by atoms with Crippen molar-refractivity contribution in [2.24, 2.45) is 0 Å². The van der Waals surface area contributed by atoms with Crippen molar-refractivity contribution in [1.82, 2.24) is 19.9 Å². The van der Waals surface area contributed by atoms with Crippen LogP contribution in [-0.4, -0.2) is 54.2 Å². The highest BCUT2D eigenvalue weighted by atomic mass is 79.9. The van der Waals surface area contributed by atoms with Crippen LogP contribution < -0.4 is 5.32 Å². The number of hydrogen-bond donors (Lipinski definition) is 2. The Kier molecular flexibility index (Phi) is 6.48. The van der Waals surface area contributed by atoms with Crippen molar-refractivity contribution >= 4 is 54.4 Å². The van der Waals surface area contributed by atoms with E-state index in [1.54, 1.807) is 56.7 Å².